The SMILES string of the molecule is COc1ccc(OCCCSc2nnc(N3CCOCC3)n2-c2cccc(F)c2)cc1. The summed E-state index contributed by atoms with van der Waals surface area (Å²) in [4.78, 5) is 2.12. The zero-order valence-corrected chi connectivity index (χ0v) is 18.2. The largest absolute Gasteiger partial charge is 0.497 e. The van der Waals surface area contributed by atoms with Gasteiger partial charge in [-0.05, 0) is 48.9 Å². The third-order valence-electron chi connectivity index (χ3n) is 4.82. The van der Waals surface area contributed by atoms with Crippen LogP contribution in [0.3, 0.4) is 0 Å². The van der Waals surface area contributed by atoms with Gasteiger partial charge in [0.25, 0.3) is 0 Å². The zero-order chi connectivity index (χ0) is 21.5. The first kappa shape index (κ1) is 21.5. The summed E-state index contributed by atoms with van der Waals surface area (Å²) in [7, 11) is 1.64. The molecule has 3 aromatic rings. The molecule has 9 heteroatoms. The Labute approximate surface area is 185 Å². The second kappa shape index (κ2) is 10.5. The van der Waals surface area contributed by atoms with Crippen LogP contribution in [0.4, 0.5) is 10.3 Å². The van der Waals surface area contributed by atoms with Crippen molar-refractivity contribution in [2.24, 2.45) is 0 Å². The Morgan fingerprint density at radius 3 is 2.58 bits per heavy atom. The predicted octanol–water partition coefficient (Wildman–Crippen LogP) is 3.81. The van der Waals surface area contributed by atoms with Gasteiger partial charge in [0, 0.05) is 18.8 Å². The molecule has 0 radical (unpaired) electrons. The van der Waals surface area contributed by atoms with Crippen molar-refractivity contribution < 1.29 is 18.6 Å². The molecule has 1 aliphatic rings. The molecule has 0 atom stereocenters. The number of thioether (sulfide) groups is 1. The summed E-state index contributed by atoms with van der Waals surface area (Å²) in [5.41, 5.74) is 0.712. The highest BCUT2D eigenvalue weighted by molar-refractivity contribution is 7.99. The fraction of sp³-hybridized carbons (Fsp3) is 0.364. The van der Waals surface area contributed by atoms with E-state index in [0.717, 1.165) is 41.9 Å². The lowest BCUT2D eigenvalue weighted by Crippen LogP contribution is -2.37. The molecule has 0 aliphatic carbocycles. The van der Waals surface area contributed by atoms with Gasteiger partial charge >= 0.3 is 0 Å². The van der Waals surface area contributed by atoms with Crippen LogP contribution in [0.1, 0.15) is 6.42 Å². The van der Waals surface area contributed by atoms with E-state index in [2.05, 4.69) is 15.1 Å². The summed E-state index contributed by atoms with van der Waals surface area (Å²) in [5, 5.41) is 9.53. The molecular weight excluding hydrogens is 419 g/mol. The summed E-state index contributed by atoms with van der Waals surface area (Å²) in [6.45, 7) is 3.33. The molecule has 1 saturated heterocycles. The van der Waals surface area contributed by atoms with E-state index in [1.54, 1.807) is 24.9 Å². The molecule has 0 spiro atoms. The minimum Gasteiger partial charge on any atom is -0.497 e. The van der Waals surface area contributed by atoms with Gasteiger partial charge in [-0.3, -0.25) is 4.57 Å². The van der Waals surface area contributed by atoms with Crippen molar-refractivity contribution in [2.75, 3.05) is 50.7 Å². The van der Waals surface area contributed by atoms with E-state index in [1.165, 1.54) is 12.1 Å². The predicted molar refractivity (Wildman–Crippen MR) is 118 cm³/mol. The number of methoxy groups -OCH3 is 1. The molecule has 164 valence electrons. The van der Waals surface area contributed by atoms with Gasteiger partial charge in [-0.25, -0.2) is 4.39 Å². The quantitative estimate of drug-likeness (QED) is 0.367. The van der Waals surface area contributed by atoms with E-state index >= 15 is 0 Å². The van der Waals surface area contributed by atoms with Crippen molar-refractivity contribution in [2.45, 2.75) is 11.6 Å². The van der Waals surface area contributed by atoms with Crippen molar-refractivity contribution in [1.29, 1.82) is 0 Å². The van der Waals surface area contributed by atoms with Crippen LogP contribution >= 0.6 is 11.8 Å². The van der Waals surface area contributed by atoms with Crippen molar-refractivity contribution in [3.8, 4) is 17.2 Å². The highest BCUT2D eigenvalue weighted by Crippen LogP contribution is 2.28. The van der Waals surface area contributed by atoms with Gasteiger partial charge in [0.05, 0.1) is 32.6 Å². The van der Waals surface area contributed by atoms with E-state index in [1.807, 2.05) is 34.9 Å². The number of ether oxygens (including phenoxy) is 3. The summed E-state index contributed by atoms with van der Waals surface area (Å²) < 4.78 is 32.2. The Kier molecular flexibility index (Phi) is 7.26. The van der Waals surface area contributed by atoms with E-state index < -0.39 is 0 Å². The highest BCUT2D eigenvalue weighted by atomic mass is 32.2. The number of rotatable bonds is 9. The molecule has 2 aromatic carbocycles. The molecule has 2 heterocycles. The summed E-state index contributed by atoms with van der Waals surface area (Å²) in [6.07, 6.45) is 0.833. The summed E-state index contributed by atoms with van der Waals surface area (Å²) in [5.74, 6) is 2.83. The van der Waals surface area contributed by atoms with Gasteiger partial charge in [-0.1, -0.05) is 17.8 Å². The normalized spacial score (nSPS) is 13.9. The van der Waals surface area contributed by atoms with Gasteiger partial charge in [-0.2, -0.15) is 0 Å². The second-order valence-electron chi connectivity index (χ2n) is 6.92. The van der Waals surface area contributed by atoms with E-state index in [-0.39, 0.29) is 5.82 Å². The zero-order valence-electron chi connectivity index (χ0n) is 17.4. The first-order chi connectivity index (χ1) is 15.2. The van der Waals surface area contributed by atoms with E-state index in [9.17, 15) is 4.39 Å². The van der Waals surface area contributed by atoms with Crippen LogP contribution in [0.5, 0.6) is 11.5 Å². The maximum absolute atomic E-state index is 13.9. The maximum atomic E-state index is 13.9. The molecule has 1 aliphatic heterocycles. The molecule has 0 amide bonds. The van der Waals surface area contributed by atoms with Crippen LogP contribution in [0, 0.1) is 5.82 Å². The highest BCUT2D eigenvalue weighted by Gasteiger charge is 2.22. The Morgan fingerprint density at radius 2 is 1.84 bits per heavy atom. The van der Waals surface area contributed by atoms with Gasteiger partial charge < -0.3 is 19.1 Å². The van der Waals surface area contributed by atoms with Crippen LogP contribution in [-0.4, -0.2) is 60.5 Å². The molecule has 7 nitrogen and oxygen atoms in total. The number of aromatic nitrogens is 3. The molecule has 4 rings (SSSR count). The third-order valence-corrected chi connectivity index (χ3v) is 5.84. The van der Waals surface area contributed by atoms with Crippen LogP contribution in [0.15, 0.2) is 53.7 Å². The lowest BCUT2D eigenvalue weighted by molar-refractivity contribution is 0.122. The first-order valence-corrected chi connectivity index (χ1v) is 11.2. The second-order valence-corrected chi connectivity index (χ2v) is 7.99. The number of benzene rings is 2. The first-order valence-electron chi connectivity index (χ1n) is 10.2. The van der Waals surface area contributed by atoms with Crippen LogP contribution in [-0.2, 0) is 4.74 Å². The van der Waals surface area contributed by atoms with Gasteiger partial charge in [0.2, 0.25) is 5.95 Å². The number of nitrogens with zero attached hydrogens (tertiary/aromatic N) is 4. The fourth-order valence-electron chi connectivity index (χ4n) is 3.25. The lowest BCUT2D eigenvalue weighted by atomic mass is 10.3. The smallest absolute Gasteiger partial charge is 0.232 e. The molecule has 0 N–H and O–H groups in total. The Morgan fingerprint density at radius 1 is 1.06 bits per heavy atom. The average molecular weight is 445 g/mol. The van der Waals surface area contributed by atoms with Crippen molar-refractivity contribution in [3.05, 3.63) is 54.3 Å². The summed E-state index contributed by atoms with van der Waals surface area (Å²) >= 11 is 1.58. The van der Waals surface area contributed by atoms with Crippen LogP contribution < -0.4 is 14.4 Å². The number of hydrogen-bond donors (Lipinski definition) is 0. The number of hydrogen-bond acceptors (Lipinski definition) is 7. The molecule has 1 aromatic heterocycles. The Bertz CT molecular complexity index is 977. The van der Waals surface area contributed by atoms with Crippen molar-refractivity contribution in [3.63, 3.8) is 0 Å². The summed E-state index contributed by atoms with van der Waals surface area (Å²) in [6, 6.07) is 14.0. The molecular formula is C22H25FN4O3S. The van der Waals surface area contributed by atoms with Crippen LogP contribution in [0.25, 0.3) is 5.69 Å². The van der Waals surface area contributed by atoms with Gasteiger partial charge in [-0.15, -0.1) is 10.2 Å². The molecule has 0 bridgehead atoms. The van der Waals surface area contributed by atoms with Crippen LogP contribution in [0.2, 0.25) is 0 Å². The minimum atomic E-state index is -0.289. The van der Waals surface area contributed by atoms with E-state index in [0.29, 0.717) is 31.5 Å². The number of anilines is 1. The van der Waals surface area contributed by atoms with E-state index in [4.69, 9.17) is 14.2 Å². The van der Waals surface area contributed by atoms with Gasteiger partial charge in [0.15, 0.2) is 5.16 Å². The Balaban J connectivity index is 1.40. The Hall–Kier alpha value is -2.78. The minimum absolute atomic E-state index is 0.289. The molecule has 0 saturated carbocycles. The van der Waals surface area contributed by atoms with Crippen molar-refractivity contribution >= 4 is 17.7 Å². The monoisotopic (exact) mass is 444 g/mol. The van der Waals surface area contributed by atoms with Crippen molar-refractivity contribution in [1.82, 2.24) is 14.8 Å². The maximum Gasteiger partial charge on any atom is 0.232 e. The van der Waals surface area contributed by atoms with Gasteiger partial charge in [0.1, 0.15) is 17.3 Å². The topological polar surface area (TPSA) is 61.6 Å². The average Bonchev–Trinajstić information content (AvgIpc) is 3.24. The lowest BCUT2D eigenvalue weighted by Gasteiger charge is -2.27. The number of morpholine rings is 1. The standard InChI is InChI=1S/C22H25FN4O3S/c1-28-19-6-8-20(9-7-19)30-12-3-15-31-22-25-24-21(26-10-13-29-14-11-26)27(22)18-5-2-4-17(23)16-18/h2,4-9,16H,3,10-15H2,1H3. The molecule has 31 heavy (non-hydrogen) atoms. The molecule has 1 fully saturated rings. The molecule has 0 unspecified atom stereocenters. The number of halogens is 1. The fourth-order valence-corrected chi connectivity index (χ4v) is 4.11. The third kappa shape index (κ3) is 5.48.